The van der Waals surface area contributed by atoms with E-state index in [1.54, 1.807) is 49.5 Å². The van der Waals surface area contributed by atoms with Crippen molar-refractivity contribution in [3.05, 3.63) is 118 Å². The smallest absolute Gasteiger partial charge is 0.358 e. The molecule has 3 heterocycles. The molecule has 0 saturated carbocycles. The van der Waals surface area contributed by atoms with Crippen LogP contribution in [-0.2, 0) is 11.0 Å². The summed E-state index contributed by atoms with van der Waals surface area (Å²) in [6.07, 6.45) is 0.0488. The maximum Gasteiger partial charge on any atom is 0.416 e. The van der Waals surface area contributed by atoms with Crippen molar-refractivity contribution in [1.29, 1.82) is 0 Å². The lowest BCUT2D eigenvalue weighted by atomic mass is 10.0. The number of fused-ring (bicyclic) bond motifs is 1. The molecule has 0 fully saturated rings. The molecular formula is C40H41F3N8O3. The summed E-state index contributed by atoms with van der Waals surface area (Å²) in [6, 6.07) is 15.3. The lowest BCUT2D eigenvalue weighted by Crippen LogP contribution is -2.35. The minimum atomic E-state index is -4.66. The fourth-order valence-electron chi connectivity index (χ4n) is 6.44. The molecule has 6 rings (SSSR count). The number of aryl methyl sites for hydroxylation is 2. The average molecular weight is 739 g/mol. The number of amides is 3. The highest BCUT2D eigenvalue weighted by molar-refractivity contribution is 6.35. The first-order valence-corrected chi connectivity index (χ1v) is 17.5. The van der Waals surface area contributed by atoms with E-state index in [9.17, 15) is 27.6 Å². The second-order valence-corrected chi connectivity index (χ2v) is 13.1. The summed E-state index contributed by atoms with van der Waals surface area (Å²) in [6.45, 7) is 12.7. The number of carbonyl (C=O) groups excluding carboxylic acids is 3. The third-order valence-corrected chi connectivity index (χ3v) is 9.33. The summed E-state index contributed by atoms with van der Waals surface area (Å²) >= 11 is 0. The molecule has 5 aromatic rings. The largest absolute Gasteiger partial charge is 0.416 e. The zero-order valence-corrected chi connectivity index (χ0v) is 30.5. The Hall–Kier alpha value is -6.15. The average Bonchev–Trinajstić information content (AvgIpc) is 3.79. The molecule has 3 aromatic carbocycles. The molecule has 2 aromatic heterocycles. The van der Waals surface area contributed by atoms with Crippen molar-refractivity contribution in [3.63, 3.8) is 0 Å². The lowest BCUT2D eigenvalue weighted by Gasteiger charge is -2.18. The maximum absolute atomic E-state index is 13.8. The number of benzene rings is 3. The number of aromatic amines is 1. The highest BCUT2D eigenvalue weighted by Gasteiger charge is 2.32. The Morgan fingerprint density at radius 2 is 1.69 bits per heavy atom. The third-order valence-electron chi connectivity index (χ3n) is 9.33. The zero-order valence-electron chi connectivity index (χ0n) is 30.5. The van der Waals surface area contributed by atoms with E-state index in [2.05, 4.69) is 50.0 Å². The summed E-state index contributed by atoms with van der Waals surface area (Å²) in [5.41, 5.74) is 5.63. The molecule has 1 aliphatic rings. The van der Waals surface area contributed by atoms with Crippen molar-refractivity contribution in [2.45, 2.75) is 40.8 Å². The van der Waals surface area contributed by atoms with Gasteiger partial charge in [0.25, 0.3) is 17.7 Å². The molecule has 3 amide bonds. The number of likely N-dealkylation sites (N-methyl/N-ethyl adjacent to an activating group) is 1. The number of anilines is 4. The second-order valence-electron chi connectivity index (χ2n) is 13.1. The number of carbonyl (C=O) groups is 3. The number of aromatic nitrogens is 3. The van der Waals surface area contributed by atoms with Crippen molar-refractivity contribution in [3.8, 4) is 5.69 Å². The molecule has 0 atom stereocenters. The fraction of sp³-hybridized carbons (Fsp3) is 0.250. The highest BCUT2D eigenvalue weighted by atomic mass is 19.4. The normalized spacial score (nSPS) is 13.3. The van der Waals surface area contributed by atoms with E-state index in [-0.39, 0.29) is 23.1 Å². The molecule has 0 bridgehead atoms. The van der Waals surface area contributed by atoms with Crippen molar-refractivity contribution < 1.29 is 27.6 Å². The first kappa shape index (κ1) is 37.6. The molecule has 0 spiro atoms. The number of rotatable bonds is 12. The molecule has 0 saturated heterocycles. The van der Waals surface area contributed by atoms with Crippen molar-refractivity contribution in [2.24, 2.45) is 0 Å². The summed E-state index contributed by atoms with van der Waals surface area (Å²) < 4.78 is 42.7. The maximum atomic E-state index is 13.8. The van der Waals surface area contributed by atoms with Crippen LogP contribution in [-0.4, -0.2) is 63.3 Å². The number of nitrogens with zero attached hydrogens (tertiary/aromatic N) is 3. The van der Waals surface area contributed by atoms with Crippen molar-refractivity contribution in [1.82, 2.24) is 24.8 Å². The minimum absolute atomic E-state index is 0.153. The van der Waals surface area contributed by atoms with Gasteiger partial charge >= 0.3 is 6.18 Å². The van der Waals surface area contributed by atoms with Crippen LogP contribution in [0.4, 0.5) is 35.9 Å². The van der Waals surface area contributed by atoms with E-state index in [1.807, 2.05) is 26.0 Å². The Morgan fingerprint density at radius 1 is 0.944 bits per heavy atom. The van der Waals surface area contributed by atoms with Gasteiger partial charge in [-0.1, -0.05) is 26.0 Å². The van der Waals surface area contributed by atoms with E-state index in [1.165, 1.54) is 17.0 Å². The summed E-state index contributed by atoms with van der Waals surface area (Å²) in [5, 5.41) is 11.9. The quantitative estimate of drug-likeness (QED) is 0.0833. The summed E-state index contributed by atoms with van der Waals surface area (Å²) in [5.74, 6) is -1.17. The number of imidazole rings is 1. The standard InChI is InChI=1S/C40H41F3N8O3/c1-6-50(7-2)14-13-44-39(54)36-24(4)34(46-25(36)5)20-33-32-12-11-30(19-35(32)49-38(33)53)47-28-9-8-10-29(18-28)48-37(52)26-15-27(40(41,42)43)17-31(16-26)51-21-23(3)45-22-51/h8-12,15-22,46-47H,6-7,13-14H2,1-5H3,(H,44,54)(H,48,52)(H,49,53)/b33-20-. The van der Waals surface area contributed by atoms with Crippen LogP contribution >= 0.6 is 0 Å². The van der Waals surface area contributed by atoms with Gasteiger partial charge < -0.3 is 35.7 Å². The topological polar surface area (TPSA) is 136 Å². The summed E-state index contributed by atoms with van der Waals surface area (Å²) in [7, 11) is 0. The summed E-state index contributed by atoms with van der Waals surface area (Å²) in [4.78, 5) is 49.0. The number of H-pyrrole nitrogens is 1. The monoisotopic (exact) mass is 738 g/mol. The highest BCUT2D eigenvalue weighted by Crippen LogP contribution is 2.37. The van der Waals surface area contributed by atoms with Crippen LogP contribution in [0.25, 0.3) is 17.3 Å². The molecule has 280 valence electrons. The Morgan fingerprint density at radius 3 is 2.39 bits per heavy atom. The van der Waals surface area contributed by atoms with Crippen LogP contribution in [0.2, 0.25) is 0 Å². The second kappa shape index (κ2) is 15.4. The SMILES string of the molecule is CCN(CC)CCNC(=O)c1c(C)[nH]c(/C=C2\C(=O)Nc3cc(Nc4cccc(NC(=O)c5cc(-n6cnc(C)c6)cc(C(F)(F)F)c5)c4)ccc32)c1C. The Kier molecular flexibility index (Phi) is 10.8. The minimum Gasteiger partial charge on any atom is -0.358 e. The Labute approximate surface area is 310 Å². The lowest BCUT2D eigenvalue weighted by molar-refractivity contribution is -0.137. The van der Waals surface area contributed by atoms with Gasteiger partial charge in [0, 0.05) is 64.6 Å². The first-order chi connectivity index (χ1) is 25.7. The number of hydrogen-bond acceptors (Lipinski definition) is 6. The van der Waals surface area contributed by atoms with Gasteiger partial charge in [-0.2, -0.15) is 13.2 Å². The van der Waals surface area contributed by atoms with Gasteiger partial charge in [-0.3, -0.25) is 14.4 Å². The van der Waals surface area contributed by atoms with Crippen LogP contribution < -0.4 is 21.3 Å². The van der Waals surface area contributed by atoms with E-state index in [0.29, 0.717) is 63.1 Å². The molecule has 0 radical (unpaired) electrons. The Balaban J connectivity index is 1.16. The van der Waals surface area contributed by atoms with Gasteiger partial charge in [-0.15, -0.1) is 0 Å². The molecular weight excluding hydrogens is 697 g/mol. The fourth-order valence-corrected chi connectivity index (χ4v) is 6.44. The number of nitrogens with one attached hydrogen (secondary N) is 5. The van der Waals surface area contributed by atoms with Gasteiger partial charge in [0.2, 0.25) is 0 Å². The number of hydrogen-bond donors (Lipinski definition) is 5. The van der Waals surface area contributed by atoms with Gasteiger partial charge in [0.15, 0.2) is 0 Å². The van der Waals surface area contributed by atoms with Crippen LogP contribution in [0.15, 0.2) is 73.2 Å². The molecule has 5 N–H and O–H groups in total. The Bertz CT molecular complexity index is 2270. The number of halogens is 3. The van der Waals surface area contributed by atoms with Gasteiger partial charge in [-0.05, 0) is 94.0 Å². The van der Waals surface area contributed by atoms with E-state index < -0.39 is 17.6 Å². The van der Waals surface area contributed by atoms with Crippen molar-refractivity contribution >= 4 is 52.1 Å². The predicted octanol–water partition coefficient (Wildman–Crippen LogP) is 7.70. The van der Waals surface area contributed by atoms with E-state index in [0.717, 1.165) is 37.3 Å². The third kappa shape index (κ3) is 8.23. The molecule has 11 nitrogen and oxygen atoms in total. The predicted molar refractivity (Wildman–Crippen MR) is 204 cm³/mol. The molecule has 14 heteroatoms. The van der Waals surface area contributed by atoms with Crippen LogP contribution in [0.5, 0.6) is 0 Å². The van der Waals surface area contributed by atoms with Crippen molar-refractivity contribution in [2.75, 3.05) is 42.1 Å². The zero-order chi connectivity index (χ0) is 38.7. The van der Waals surface area contributed by atoms with Crippen LogP contribution in [0.1, 0.15) is 68.3 Å². The molecule has 0 aliphatic carbocycles. The van der Waals surface area contributed by atoms with E-state index in [4.69, 9.17) is 0 Å². The van der Waals surface area contributed by atoms with Crippen LogP contribution in [0.3, 0.4) is 0 Å². The van der Waals surface area contributed by atoms with Gasteiger partial charge in [0.05, 0.1) is 34.4 Å². The van der Waals surface area contributed by atoms with Gasteiger partial charge in [0.1, 0.15) is 0 Å². The number of alkyl halides is 3. The molecule has 1 aliphatic heterocycles. The van der Waals surface area contributed by atoms with Gasteiger partial charge in [-0.25, -0.2) is 4.98 Å². The molecule has 54 heavy (non-hydrogen) atoms. The van der Waals surface area contributed by atoms with E-state index >= 15 is 0 Å². The van der Waals surface area contributed by atoms with Crippen LogP contribution in [0, 0.1) is 20.8 Å². The molecule has 0 unspecified atom stereocenters. The first-order valence-electron chi connectivity index (χ1n) is 17.5.